The highest BCUT2D eigenvalue weighted by atomic mass is 16.4. The fourth-order valence-electron chi connectivity index (χ4n) is 8.22. The first-order chi connectivity index (χ1) is 15.9. The Labute approximate surface area is 190 Å². The molecule has 0 saturated carbocycles. The second-order valence-electron chi connectivity index (χ2n) is 9.77. The second kappa shape index (κ2) is 4.96. The normalized spacial score (nSPS) is 37.7. The van der Waals surface area contributed by atoms with E-state index in [0.29, 0.717) is 44.5 Å². The molecule has 4 aromatic rings. The molecule has 160 valence electrons. The van der Waals surface area contributed by atoms with E-state index in [2.05, 4.69) is 0 Å². The van der Waals surface area contributed by atoms with Gasteiger partial charge < -0.3 is 20.4 Å². The van der Waals surface area contributed by atoms with Crippen LogP contribution in [-0.4, -0.2) is 20.4 Å². The lowest BCUT2D eigenvalue weighted by Gasteiger charge is -2.51. The molecule has 0 saturated heterocycles. The van der Waals surface area contributed by atoms with Crippen LogP contribution in [0.2, 0.25) is 0 Å². The van der Waals surface area contributed by atoms with Gasteiger partial charge in [0.2, 0.25) is 0 Å². The van der Waals surface area contributed by atoms with Crippen molar-refractivity contribution in [2.24, 2.45) is 5.41 Å². The maximum Gasteiger partial charge on any atom is 0.131 e. The Morgan fingerprint density at radius 1 is 0.303 bits per heavy atom. The topological polar surface area (TPSA) is 80.9 Å². The Morgan fingerprint density at radius 3 is 0.606 bits per heavy atom. The van der Waals surface area contributed by atoms with Gasteiger partial charge in [0.25, 0.3) is 0 Å². The van der Waals surface area contributed by atoms with Crippen molar-refractivity contribution in [3.05, 3.63) is 142 Å². The van der Waals surface area contributed by atoms with Crippen molar-refractivity contribution in [3.63, 3.8) is 0 Å². The number of rotatable bonds is 0. The molecular formula is C29H20O4. The van der Waals surface area contributed by atoms with Gasteiger partial charge in [0.15, 0.2) is 0 Å². The van der Waals surface area contributed by atoms with Crippen LogP contribution >= 0.6 is 0 Å². The molecule has 0 aliphatic heterocycles. The third kappa shape index (κ3) is 1.32. The number of aliphatic hydroxyl groups is 4. The minimum atomic E-state index is -1.85. The molecule has 4 N–H and O–H groups in total. The van der Waals surface area contributed by atoms with Gasteiger partial charge in [0.05, 0.1) is 0 Å². The summed E-state index contributed by atoms with van der Waals surface area (Å²) >= 11 is 0. The fraction of sp³-hybridized carbons (Fsp3) is 0.172. The van der Waals surface area contributed by atoms with Crippen molar-refractivity contribution >= 4 is 0 Å². The molecule has 0 radical (unpaired) electrons. The summed E-state index contributed by atoms with van der Waals surface area (Å²) in [5.74, 6) is 0. The first kappa shape index (κ1) is 18.2. The van der Waals surface area contributed by atoms with Crippen molar-refractivity contribution in [2.75, 3.05) is 0 Å². The predicted molar refractivity (Wildman–Crippen MR) is 120 cm³/mol. The Bertz CT molecular complexity index is 1220. The Balaban J connectivity index is 1.73. The molecule has 0 atom stereocenters. The van der Waals surface area contributed by atoms with Crippen LogP contribution in [0.1, 0.15) is 44.5 Å². The zero-order valence-electron chi connectivity index (χ0n) is 17.5. The average molecular weight is 432 g/mol. The Kier molecular flexibility index (Phi) is 2.73. The van der Waals surface area contributed by atoms with Crippen LogP contribution in [0.25, 0.3) is 0 Å². The van der Waals surface area contributed by atoms with Crippen LogP contribution in [0.3, 0.4) is 0 Å². The highest BCUT2D eigenvalue weighted by Crippen LogP contribution is 2.87. The first-order valence-electron chi connectivity index (χ1n) is 11.2. The quantitative estimate of drug-likeness (QED) is 0.344. The lowest BCUT2D eigenvalue weighted by Crippen LogP contribution is -2.64. The molecule has 4 heteroatoms. The van der Waals surface area contributed by atoms with Crippen LogP contribution in [0.5, 0.6) is 0 Å². The van der Waals surface area contributed by atoms with E-state index in [1.807, 2.05) is 48.5 Å². The molecule has 8 rings (SSSR count). The van der Waals surface area contributed by atoms with E-state index in [9.17, 15) is 20.4 Å². The van der Waals surface area contributed by atoms with Gasteiger partial charge in [0.1, 0.15) is 27.8 Å². The maximum atomic E-state index is 12.9. The minimum Gasteiger partial charge on any atom is -0.379 e. The van der Waals surface area contributed by atoms with Gasteiger partial charge in [-0.3, -0.25) is 0 Å². The molecule has 33 heavy (non-hydrogen) atoms. The first-order valence-corrected chi connectivity index (χ1v) is 11.2. The smallest absolute Gasteiger partial charge is 0.131 e. The van der Waals surface area contributed by atoms with Crippen molar-refractivity contribution in [3.8, 4) is 0 Å². The van der Waals surface area contributed by atoms with Crippen molar-refractivity contribution in [1.29, 1.82) is 0 Å². The Hall–Kier alpha value is -3.28. The van der Waals surface area contributed by atoms with Crippen LogP contribution in [0.4, 0.5) is 0 Å². The fourth-order valence-corrected chi connectivity index (χ4v) is 8.22. The predicted octanol–water partition coefficient (Wildman–Crippen LogP) is 2.97. The molecule has 0 heterocycles. The zero-order valence-corrected chi connectivity index (χ0v) is 17.5. The number of benzene rings is 4. The van der Waals surface area contributed by atoms with Crippen molar-refractivity contribution in [2.45, 2.75) is 22.4 Å². The van der Waals surface area contributed by atoms with Gasteiger partial charge in [-0.2, -0.15) is 0 Å². The lowest BCUT2D eigenvalue weighted by atomic mass is 9.56. The standard InChI is InChI=1S/C29H20O4/c30-25-17-9-1-2-10-18(17)26(31)21-13-5-6-14-22(21)28(33)24-16-8-7-15-23(24)27(32,29(25,26)28)20-12-4-3-11-19(20)25/h1-16,30-33H. The summed E-state index contributed by atoms with van der Waals surface area (Å²) < 4.78 is 0. The third-order valence-electron chi connectivity index (χ3n) is 9.00. The zero-order chi connectivity index (χ0) is 22.4. The van der Waals surface area contributed by atoms with Crippen LogP contribution < -0.4 is 0 Å². The van der Waals surface area contributed by atoms with Crippen molar-refractivity contribution in [1.82, 2.24) is 0 Å². The second-order valence-corrected chi connectivity index (χ2v) is 9.77. The van der Waals surface area contributed by atoms with Gasteiger partial charge in [-0.1, -0.05) is 97.1 Å². The molecule has 0 bridgehead atoms. The Morgan fingerprint density at radius 2 is 0.455 bits per heavy atom. The lowest BCUT2D eigenvalue weighted by molar-refractivity contribution is -0.269. The van der Waals surface area contributed by atoms with E-state index in [4.69, 9.17) is 0 Å². The molecule has 4 aromatic carbocycles. The van der Waals surface area contributed by atoms with Gasteiger partial charge in [0, 0.05) is 0 Å². The van der Waals surface area contributed by atoms with E-state index in [-0.39, 0.29) is 0 Å². The summed E-state index contributed by atoms with van der Waals surface area (Å²) in [6.07, 6.45) is 0. The minimum absolute atomic E-state index is 0.511. The maximum absolute atomic E-state index is 12.9. The summed E-state index contributed by atoms with van der Waals surface area (Å²) in [7, 11) is 0. The van der Waals surface area contributed by atoms with E-state index in [1.54, 1.807) is 48.5 Å². The molecule has 0 fully saturated rings. The highest BCUT2D eigenvalue weighted by Gasteiger charge is 2.94. The average Bonchev–Trinajstić information content (AvgIpc) is 3.35. The molecule has 4 aliphatic carbocycles. The number of hydrogen-bond acceptors (Lipinski definition) is 4. The third-order valence-corrected chi connectivity index (χ3v) is 9.00. The number of fused-ring (bicyclic) bond motifs is 12. The van der Waals surface area contributed by atoms with E-state index >= 15 is 0 Å². The molecule has 0 amide bonds. The largest absolute Gasteiger partial charge is 0.379 e. The monoisotopic (exact) mass is 432 g/mol. The molecule has 0 aromatic heterocycles. The summed E-state index contributed by atoms with van der Waals surface area (Å²) in [5, 5.41) is 51.7. The van der Waals surface area contributed by atoms with E-state index < -0.39 is 27.8 Å². The van der Waals surface area contributed by atoms with Gasteiger partial charge in [-0.15, -0.1) is 0 Å². The molecule has 4 aliphatic rings. The van der Waals surface area contributed by atoms with Gasteiger partial charge >= 0.3 is 0 Å². The summed E-state index contributed by atoms with van der Waals surface area (Å²) in [4.78, 5) is 0. The van der Waals surface area contributed by atoms with E-state index in [0.717, 1.165) is 0 Å². The van der Waals surface area contributed by atoms with Crippen LogP contribution in [0, 0.1) is 5.41 Å². The summed E-state index contributed by atoms with van der Waals surface area (Å²) in [6, 6.07) is 29.0. The van der Waals surface area contributed by atoms with Crippen LogP contribution in [-0.2, 0) is 22.4 Å². The molecule has 1 spiro atoms. The van der Waals surface area contributed by atoms with E-state index in [1.165, 1.54) is 0 Å². The SMILES string of the molecule is OC12c3ccccc3C3(O)c4ccccc4C4(O)c5ccccc5C(O)(c5ccccc51)C234. The molecular weight excluding hydrogens is 412 g/mol. The molecule has 0 unspecified atom stereocenters. The summed E-state index contributed by atoms with van der Waals surface area (Å²) in [6.45, 7) is 0. The highest BCUT2D eigenvalue weighted by molar-refractivity contribution is 5.79. The molecule has 4 nitrogen and oxygen atoms in total. The van der Waals surface area contributed by atoms with Crippen LogP contribution in [0.15, 0.2) is 97.1 Å². The number of hydrogen-bond donors (Lipinski definition) is 4. The van der Waals surface area contributed by atoms with Gasteiger partial charge in [-0.25, -0.2) is 0 Å². The van der Waals surface area contributed by atoms with Crippen molar-refractivity contribution < 1.29 is 20.4 Å². The van der Waals surface area contributed by atoms with Gasteiger partial charge in [-0.05, 0) is 44.5 Å². The summed E-state index contributed by atoms with van der Waals surface area (Å²) in [5.41, 5.74) is -5.16.